The van der Waals surface area contributed by atoms with Gasteiger partial charge in [-0.1, -0.05) is 0 Å². The van der Waals surface area contributed by atoms with Crippen molar-refractivity contribution in [1.82, 2.24) is 15.1 Å². The number of hydrogen-bond donors (Lipinski definition) is 2. The first-order valence-corrected chi connectivity index (χ1v) is 5.16. The summed E-state index contributed by atoms with van der Waals surface area (Å²) in [5.41, 5.74) is -0.342. The van der Waals surface area contributed by atoms with Crippen molar-refractivity contribution in [2.45, 2.75) is 6.92 Å². The predicted octanol–water partition coefficient (Wildman–Crippen LogP) is -0.589. The number of carbonyl (C=O) groups excluding carboxylic acids is 2. The molecule has 0 aliphatic heterocycles. The Labute approximate surface area is 103 Å². The van der Waals surface area contributed by atoms with Crippen LogP contribution in [0.5, 0.6) is 0 Å². The van der Waals surface area contributed by atoms with E-state index in [1.54, 1.807) is 6.92 Å². The smallest absolute Gasteiger partial charge is 0.354 e. The van der Waals surface area contributed by atoms with Crippen molar-refractivity contribution in [3.05, 3.63) is 17.5 Å². The number of aromatic nitrogens is 2. The van der Waals surface area contributed by atoms with E-state index in [0.29, 0.717) is 0 Å². The normalized spacial score (nSPS) is 9.89. The number of hydrogen-bond acceptors (Lipinski definition) is 5. The van der Waals surface area contributed by atoms with E-state index in [-0.39, 0.29) is 24.4 Å². The molecule has 8 heteroatoms. The van der Waals surface area contributed by atoms with Gasteiger partial charge in [0.15, 0.2) is 5.69 Å². The van der Waals surface area contributed by atoms with Gasteiger partial charge in [-0.3, -0.25) is 14.3 Å². The topological polar surface area (TPSA) is 111 Å². The second-order valence-corrected chi connectivity index (χ2v) is 3.32. The minimum absolute atomic E-state index is 0.103. The largest absolute Gasteiger partial charge is 0.477 e. The fourth-order valence-electron chi connectivity index (χ4n) is 1.32. The fraction of sp³-hybridized carbons (Fsp3) is 0.400. The number of amides is 1. The molecule has 1 aromatic rings. The van der Waals surface area contributed by atoms with E-state index in [9.17, 15) is 14.4 Å². The Hall–Kier alpha value is -2.38. The second-order valence-electron chi connectivity index (χ2n) is 3.32. The van der Waals surface area contributed by atoms with Crippen LogP contribution in [0.3, 0.4) is 0 Å². The van der Waals surface area contributed by atoms with Gasteiger partial charge in [-0.05, 0) is 6.92 Å². The minimum Gasteiger partial charge on any atom is -0.477 e. The van der Waals surface area contributed by atoms with Crippen molar-refractivity contribution in [3.8, 4) is 0 Å². The molecule has 0 fully saturated rings. The number of esters is 1. The summed E-state index contributed by atoms with van der Waals surface area (Å²) in [6, 6.07) is 0. The molecule has 0 aliphatic rings. The van der Waals surface area contributed by atoms with Crippen LogP contribution >= 0.6 is 0 Å². The minimum atomic E-state index is -1.27. The highest BCUT2D eigenvalue weighted by atomic mass is 16.5. The van der Waals surface area contributed by atoms with Crippen molar-refractivity contribution >= 4 is 17.8 Å². The molecule has 1 amide bonds. The molecule has 0 aromatic carbocycles. The van der Waals surface area contributed by atoms with E-state index in [1.165, 1.54) is 7.05 Å². The highest BCUT2D eigenvalue weighted by Crippen LogP contribution is 2.07. The molecule has 2 N–H and O–H groups in total. The first-order valence-electron chi connectivity index (χ1n) is 5.16. The van der Waals surface area contributed by atoms with E-state index in [2.05, 4.69) is 15.2 Å². The van der Waals surface area contributed by atoms with E-state index < -0.39 is 17.8 Å². The molecule has 18 heavy (non-hydrogen) atoms. The van der Waals surface area contributed by atoms with Gasteiger partial charge in [0.25, 0.3) is 5.91 Å². The molecular weight excluding hydrogens is 242 g/mol. The SMILES string of the molecule is CCOC(=O)CNC(=O)c1cnn(C)c1C(=O)O. The third-order valence-electron chi connectivity index (χ3n) is 2.08. The fourth-order valence-corrected chi connectivity index (χ4v) is 1.32. The first kappa shape index (κ1) is 13.7. The molecule has 0 saturated carbocycles. The highest BCUT2D eigenvalue weighted by Gasteiger charge is 2.21. The van der Waals surface area contributed by atoms with Crippen LogP contribution in [0.25, 0.3) is 0 Å². The summed E-state index contributed by atoms with van der Waals surface area (Å²) in [7, 11) is 1.41. The molecule has 1 heterocycles. The molecule has 1 aromatic heterocycles. The number of nitrogens with one attached hydrogen (secondary N) is 1. The Bertz CT molecular complexity index is 480. The van der Waals surface area contributed by atoms with Crippen molar-refractivity contribution in [1.29, 1.82) is 0 Å². The quantitative estimate of drug-likeness (QED) is 0.680. The van der Waals surface area contributed by atoms with Gasteiger partial charge in [0.1, 0.15) is 6.54 Å². The van der Waals surface area contributed by atoms with E-state index in [1.807, 2.05) is 0 Å². The zero-order valence-corrected chi connectivity index (χ0v) is 9.97. The molecular formula is C10H13N3O5. The number of aryl methyl sites for hydroxylation is 1. The van der Waals surface area contributed by atoms with Gasteiger partial charge < -0.3 is 15.2 Å². The molecule has 0 saturated heterocycles. The second kappa shape index (κ2) is 5.80. The summed E-state index contributed by atoms with van der Waals surface area (Å²) in [5.74, 6) is -2.54. The third-order valence-corrected chi connectivity index (χ3v) is 2.08. The Balaban J connectivity index is 2.73. The molecule has 0 aliphatic carbocycles. The van der Waals surface area contributed by atoms with Crippen LogP contribution in [0.15, 0.2) is 6.20 Å². The maximum Gasteiger partial charge on any atom is 0.354 e. The number of aromatic carboxylic acids is 1. The van der Waals surface area contributed by atoms with Gasteiger partial charge in [-0.2, -0.15) is 5.10 Å². The average Bonchev–Trinajstić information content (AvgIpc) is 2.68. The summed E-state index contributed by atoms with van der Waals surface area (Å²) < 4.78 is 5.69. The monoisotopic (exact) mass is 255 g/mol. The Morgan fingerprint density at radius 1 is 1.50 bits per heavy atom. The molecule has 1 rings (SSSR count). The summed E-state index contributed by atoms with van der Waals surface area (Å²) in [4.78, 5) is 33.6. The van der Waals surface area contributed by atoms with E-state index in [0.717, 1.165) is 10.9 Å². The Morgan fingerprint density at radius 2 is 2.17 bits per heavy atom. The van der Waals surface area contributed by atoms with E-state index >= 15 is 0 Å². The Morgan fingerprint density at radius 3 is 2.72 bits per heavy atom. The van der Waals surface area contributed by atoms with Crippen molar-refractivity contribution < 1.29 is 24.2 Å². The van der Waals surface area contributed by atoms with Gasteiger partial charge in [0.2, 0.25) is 0 Å². The average molecular weight is 255 g/mol. The lowest BCUT2D eigenvalue weighted by molar-refractivity contribution is -0.141. The molecule has 8 nitrogen and oxygen atoms in total. The number of ether oxygens (including phenoxy) is 1. The maximum atomic E-state index is 11.7. The van der Waals surface area contributed by atoms with Crippen LogP contribution in [-0.4, -0.2) is 45.9 Å². The van der Waals surface area contributed by atoms with E-state index in [4.69, 9.17) is 5.11 Å². The lowest BCUT2D eigenvalue weighted by Gasteiger charge is -2.04. The van der Waals surface area contributed by atoms with Crippen LogP contribution in [0.2, 0.25) is 0 Å². The molecule has 98 valence electrons. The number of rotatable bonds is 5. The standard InChI is InChI=1S/C10H13N3O5/c1-3-18-7(14)5-11-9(15)6-4-12-13(2)8(6)10(16)17/h4H,3,5H2,1-2H3,(H,11,15)(H,16,17). The van der Waals surface area contributed by atoms with Crippen LogP contribution in [0, 0.1) is 0 Å². The lowest BCUT2D eigenvalue weighted by atomic mass is 10.2. The number of carbonyl (C=O) groups is 3. The van der Waals surface area contributed by atoms with Crippen LogP contribution < -0.4 is 5.32 Å². The van der Waals surface area contributed by atoms with Crippen LogP contribution in [-0.2, 0) is 16.6 Å². The number of nitrogens with zero attached hydrogens (tertiary/aromatic N) is 2. The summed E-state index contributed by atoms with van der Waals surface area (Å²) in [5, 5.41) is 14.9. The first-order chi connectivity index (χ1) is 8.47. The van der Waals surface area contributed by atoms with Gasteiger partial charge in [0, 0.05) is 7.05 Å². The lowest BCUT2D eigenvalue weighted by Crippen LogP contribution is -2.31. The molecule has 0 atom stereocenters. The summed E-state index contributed by atoms with van der Waals surface area (Å²) in [6.07, 6.45) is 1.13. The predicted molar refractivity (Wildman–Crippen MR) is 59.1 cm³/mol. The summed E-state index contributed by atoms with van der Waals surface area (Å²) >= 11 is 0. The van der Waals surface area contributed by atoms with Gasteiger partial charge in [-0.15, -0.1) is 0 Å². The van der Waals surface area contributed by atoms with Gasteiger partial charge >= 0.3 is 11.9 Å². The number of carboxylic acids is 1. The van der Waals surface area contributed by atoms with Gasteiger partial charge in [-0.25, -0.2) is 4.79 Å². The van der Waals surface area contributed by atoms with Crippen LogP contribution in [0.4, 0.5) is 0 Å². The Kier molecular flexibility index (Phi) is 4.41. The zero-order chi connectivity index (χ0) is 13.7. The van der Waals surface area contributed by atoms with Crippen molar-refractivity contribution in [3.63, 3.8) is 0 Å². The molecule has 0 bridgehead atoms. The van der Waals surface area contributed by atoms with Crippen molar-refractivity contribution in [2.75, 3.05) is 13.2 Å². The molecule has 0 radical (unpaired) electrons. The summed E-state index contributed by atoms with van der Waals surface area (Å²) in [6.45, 7) is 1.53. The molecule has 0 unspecified atom stereocenters. The third kappa shape index (κ3) is 3.06. The highest BCUT2D eigenvalue weighted by molar-refractivity contribution is 6.04. The molecule has 0 spiro atoms. The number of carboxylic acid groups (broad SMARTS) is 1. The van der Waals surface area contributed by atoms with Crippen molar-refractivity contribution in [2.24, 2.45) is 7.05 Å². The zero-order valence-electron chi connectivity index (χ0n) is 9.97. The van der Waals surface area contributed by atoms with Crippen LogP contribution in [0.1, 0.15) is 27.8 Å². The van der Waals surface area contributed by atoms with Gasteiger partial charge in [0.05, 0.1) is 18.4 Å². The maximum absolute atomic E-state index is 11.7.